The summed E-state index contributed by atoms with van der Waals surface area (Å²) >= 11 is 0. The second-order valence-electron chi connectivity index (χ2n) is 7.46. The molecule has 0 amide bonds. The van der Waals surface area contributed by atoms with Crippen molar-refractivity contribution in [3.63, 3.8) is 0 Å². The molecule has 0 heterocycles. The lowest BCUT2D eigenvalue weighted by atomic mass is 9.97. The normalized spacial score (nSPS) is 9.39. The van der Waals surface area contributed by atoms with Crippen LogP contribution in [0.2, 0.25) is 0 Å². The van der Waals surface area contributed by atoms with Crippen molar-refractivity contribution in [3.05, 3.63) is 133 Å². The van der Waals surface area contributed by atoms with Crippen LogP contribution < -0.4 is 0 Å². The topological polar surface area (TPSA) is 0 Å². The van der Waals surface area contributed by atoms with Gasteiger partial charge < -0.3 is 0 Å². The van der Waals surface area contributed by atoms with E-state index in [9.17, 15) is 0 Å². The first-order chi connectivity index (χ1) is 17.9. The molecule has 5 aromatic carbocycles. The Kier molecular flexibility index (Phi) is 12.5. The maximum absolute atomic E-state index is 2.21. The molecule has 0 nitrogen and oxygen atoms in total. The summed E-state index contributed by atoms with van der Waals surface area (Å²) in [6.45, 7) is 12.0. The molecule has 0 atom stereocenters. The van der Waals surface area contributed by atoms with Crippen LogP contribution in [0.25, 0.3) is 44.5 Å². The average Bonchev–Trinajstić information content (AvgIpc) is 3.01. The van der Waals surface area contributed by atoms with E-state index in [1.54, 1.807) is 0 Å². The van der Waals surface area contributed by atoms with Gasteiger partial charge in [-0.2, -0.15) is 0 Å². The summed E-state index contributed by atoms with van der Waals surface area (Å²) in [5.41, 5.74) is 9.93. The lowest BCUT2D eigenvalue weighted by Gasteiger charge is -2.08. The zero-order valence-corrected chi connectivity index (χ0v) is 22.7. The first-order valence-corrected chi connectivity index (χ1v) is 13.3. The fourth-order valence-corrected chi connectivity index (χ4v) is 3.83. The molecule has 0 aromatic heterocycles. The second kappa shape index (κ2) is 15.9. The quantitative estimate of drug-likeness (QED) is 0.244. The molecule has 0 N–H and O–H groups in total. The highest BCUT2D eigenvalue weighted by molar-refractivity contribution is 5.74. The van der Waals surface area contributed by atoms with Gasteiger partial charge in [0.05, 0.1) is 0 Å². The van der Waals surface area contributed by atoms with Crippen LogP contribution in [0.15, 0.2) is 133 Å². The highest BCUT2D eigenvalue weighted by Gasteiger charge is 2.03. The zero-order chi connectivity index (χ0) is 26.2. The minimum absolute atomic E-state index is 1.24. The molecule has 184 valence electrons. The van der Waals surface area contributed by atoms with Gasteiger partial charge in [-0.15, -0.1) is 0 Å². The van der Waals surface area contributed by atoms with Crippen LogP contribution in [-0.4, -0.2) is 0 Å². The molecule has 0 aliphatic carbocycles. The van der Waals surface area contributed by atoms with Crippen LogP contribution in [0.5, 0.6) is 0 Å². The Labute approximate surface area is 219 Å². The van der Waals surface area contributed by atoms with Crippen molar-refractivity contribution in [1.29, 1.82) is 0 Å². The summed E-state index contributed by atoms with van der Waals surface area (Å²) < 4.78 is 0. The molecule has 0 heteroatoms. The average molecular weight is 473 g/mol. The number of hydrogen-bond donors (Lipinski definition) is 0. The van der Waals surface area contributed by atoms with E-state index in [1.165, 1.54) is 44.5 Å². The predicted molar refractivity (Wildman–Crippen MR) is 162 cm³/mol. The molecule has 0 spiro atoms. The maximum Gasteiger partial charge on any atom is -0.0184 e. The summed E-state index contributed by atoms with van der Waals surface area (Å²) in [6, 6.07) is 47.4. The van der Waals surface area contributed by atoms with Gasteiger partial charge in [0.15, 0.2) is 0 Å². The number of hydrogen-bond acceptors (Lipinski definition) is 0. The Hall–Kier alpha value is -3.90. The van der Waals surface area contributed by atoms with Gasteiger partial charge in [-0.1, -0.05) is 175 Å². The van der Waals surface area contributed by atoms with Gasteiger partial charge >= 0.3 is 0 Å². The third kappa shape index (κ3) is 7.55. The Balaban J connectivity index is 0.000000710. The van der Waals surface area contributed by atoms with Crippen molar-refractivity contribution < 1.29 is 0 Å². The third-order valence-corrected chi connectivity index (χ3v) is 5.54. The molecule has 0 saturated carbocycles. The van der Waals surface area contributed by atoms with Crippen LogP contribution in [0.3, 0.4) is 0 Å². The largest absolute Gasteiger partial charge is 0.0683 e. The number of benzene rings is 5. The van der Waals surface area contributed by atoms with Crippen molar-refractivity contribution in [1.82, 2.24) is 0 Å². The van der Waals surface area contributed by atoms with Gasteiger partial charge in [0, 0.05) is 0 Å². The summed E-state index contributed by atoms with van der Waals surface area (Å²) in [7, 11) is 0. The lowest BCUT2D eigenvalue weighted by Crippen LogP contribution is -1.83. The fourth-order valence-electron chi connectivity index (χ4n) is 3.83. The molecule has 0 unspecified atom stereocenters. The van der Waals surface area contributed by atoms with Crippen LogP contribution in [-0.2, 0) is 0 Å². The van der Waals surface area contributed by atoms with Crippen molar-refractivity contribution >= 4 is 0 Å². The van der Waals surface area contributed by atoms with Crippen LogP contribution in [0, 0.1) is 0 Å². The van der Waals surface area contributed by atoms with Gasteiger partial charge in [0.2, 0.25) is 0 Å². The highest BCUT2D eigenvalue weighted by Crippen LogP contribution is 2.29. The second-order valence-corrected chi connectivity index (χ2v) is 7.46. The van der Waals surface area contributed by atoms with Crippen molar-refractivity contribution in [2.24, 2.45) is 0 Å². The van der Waals surface area contributed by atoms with Gasteiger partial charge in [-0.25, -0.2) is 0 Å². The van der Waals surface area contributed by atoms with Gasteiger partial charge in [-0.3, -0.25) is 0 Å². The van der Waals surface area contributed by atoms with Crippen LogP contribution in [0.1, 0.15) is 41.5 Å². The van der Waals surface area contributed by atoms with E-state index in [0.717, 1.165) is 0 Å². The van der Waals surface area contributed by atoms with Crippen molar-refractivity contribution in [3.8, 4) is 44.5 Å². The van der Waals surface area contributed by atoms with E-state index in [2.05, 4.69) is 133 Å². The Bertz CT molecular complexity index is 1110. The first kappa shape index (κ1) is 28.3. The fraction of sp³-hybridized carbons (Fsp3) is 0.167. The van der Waals surface area contributed by atoms with E-state index in [1.807, 2.05) is 41.5 Å². The van der Waals surface area contributed by atoms with E-state index in [4.69, 9.17) is 0 Å². The molecule has 5 aromatic rings. The SMILES string of the molecule is CC.CC.CC.c1ccc(-c2ccc(-c3ccc(-c4ccc(-c5ccccc5)cc4)cc3)cc2)cc1. The smallest absolute Gasteiger partial charge is 0.0184 e. The molecular weight excluding hydrogens is 432 g/mol. The Morgan fingerprint density at radius 1 is 0.194 bits per heavy atom. The molecule has 36 heavy (non-hydrogen) atoms. The maximum atomic E-state index is 2.21. The lowest BCUT2D eigenvalue weighted by molar-refractivity contribution is 1.50. The van der Waals surface area contributed by atoms with E-state index in [-0.39, 0.29) is 0 Å². The molecule has 0 saturated heterocycles. The minimum atomic E-state index is 1.24. The summed E-state index contributed by atoms with van der Waals surface area (Å²) in [5.74, 6) is 0. The van der Waals surface area contributed by atoms with E-state index < -0.39 is 0 Å². The molecule has 0 bridgehead atoms. The Morgan fingerprint density at radius 2 is 0.333 bits per heavy atom. The molecule has 0 aliphatic rings. The monoisotopic (exact) mass is 472 g/mol. The molecule has 0 radical (unpaired) electrons. The van der Waals surface area contributed by atoms with Gasteiger partial charge in [0.1, 0.15) is 0 Å². The van der Waals surface area contributed by atoms with E-state index >= 15 is 0 Å². The third-order valence-electron chi connectivity index (χ3n) is 5.54. The molecule has 0 fully saturated rings. The standard InChI is InChI=1S/C30H22.3C2H6/c1-3-7-23(8-4-1)25-11-15-27(16-12-25)29-19-21-30(22-20-29)28-17-13-26(14-18-28)24-9-5-2-6-10-24;3*1-2/h1-22H;3*1-2H3. The Morgan fingerprint density at radius 3 is 0.500 bits per heavy atom. The molecular formula is C36H40. The summed E-state index contributed by atoms with van der Waals surface area (Å²) in [4.78, 5) is 0. The van der Waals surface area contributed by atoms with Crippen LogP contribution >= 0.6 is 0 Å². The van der Waals surface area contributed by atoms with Gasteiger partial charge in [-0.05, 0) is 44.5 Å². The van der Waals surface area contributed by atoms with E-state index in [0.29, 0.717) is 0 Å². The minimum Gasteiger partial charge on any atom is -0.0683 e. The summed E-state index contributed by atoms with van der Waals surface area (Å²) in [5, 5.41) is 0. The van der Waals surface area contributed by atoms with Crippen molar-refractivity contribution in [2.75, 3.05) is 0 Å². The zero-order valence-electron chi connectivity index (χ0n) is 22.7. The summed E-state index contributed by atoms with van der Waals surface area (Å²) in [6.07, 6.45) is 0. The van der Waals surface area contributed by atoms with Crippen molar-refractivity contribution in [2.45, 2.75) is 41.5 Å². The van der Waals surface area contributed by atoms with Gasteiger partial charge in [0.25, 0.3) is 0 Å². The molecule has 0 aliphatic heterocycles. The molecule has 5 rings (SSSR count). The number of rotatable bonds is 4. The highest BCUT2D eigenvalue weighted by atomic mass is 14.1. The first-order valence-electron chi connectivity index (χ1n) is 13.3. The van der Waals surface area contributed by atoms with Crippen LogP contribution in [0.4, 0.5) is 0 Å². The predicted octanol–water partition coefficient (Wildman–Crippen LogP) is 11.4.